The molecule has 2 aromatic heterocycles. The van der Waals surface area contributed by atoms with Gasteiger partial charge in [-0.2, -0.15) is 5.10 Å². The van der Waals surface area contributed by atoms with Crippen molar-refractivity contribution in [3.05, 3.63) is 62.0 Å². The summed E-state index contributed by atoms with van der Waals surface area (Å²) < 4.78 is 6.64. The lowest BCUT2D eigenvalue weighted by atomic mass is 10.1. The minimum absolute atomic E-state index is 0.0286. The molecule has 2 heterocycles. The first-order valence-electron chi connectivity index (χ1n) is 10.2. The number of aromatic nitrogens is 3. The molecule has 32 heavy (non-hydrogen) atoms. The number of carbonyl (C=O) groups excluding carboxylic acids is 1. The van der Waals surface area contributed by atoms with Crippen LogP contribution in [0, 0.1) is 20.8 Å². The molecule has 0 aliphatic carbocycles. The third kappa shape index (κ3) is 4.73. The number of hydrogen-bond acceptors (Lipinski definition) is 7. The van der Waals surface area contributed by atoms with Crippen molar-refractivity contribution in [1.82, 2.24) is 25.0 Å². The van der Waals surface area contributed by atoms with Crippen molar-refractivity contribution in [2.24, 2.45) is 7.05 Å². The molecule has 3 aromatic rings. The quantitative estimate of drug-likeness (QED) is 0.589. The Morgan fingerprint density at radius 2 is 1.97 bits per heavy atom. The Bertz CT molecular complexity index is 1200. The minimum Gasteiger partial charge on any atom is -0.497 e. The summed E-state index contributed by atoms with van der Waals surface area (Å²) in [7, 11) is 7.19. The molecule has 0 spiro atoms. The second-order valence-corrected chi connectivity index (χ2v) is 8.91. The van der Waals surface area contributed by atoms with E-state index in [-0.39, 0.29) is 17.5 Å². The largest absolute Gasteiger partial charge is 0.497 e. The number of ether oxygens (including phenoxy) is 1. The van der Waals surface area contributed by atoms with Crippen LogP contribution in [0.3, 0.4) is 0 Å². The van der Waals surface area contributed by atoms with Gasteiger partial charge in [0.05, 0.1) is 30.1 Å². The number of aryl methyl sites for hydroxylation is 3. The number of nitrogens with one attached hydrogen (secondary N) is 1. The maximum absolute atomic E-state index is 13.0. The van der Waals surface area contributed by atoms with E-state index in [0.717, 1.165) is 22.6 Å². The number of rotatable bonds is 7. The van der Waals surface area contributed by atoms with Crippen LogP contribution in [0.2, 0.25) is 0 Å². The van der Waals surface area contributed by atoms with E-state index in [1.165, 1.54) is 16.0 Å². The van der Waals surface area contributed by atoms with Gasteiger partial charge in [-0.3, -0.25) is 9.59 Å². The van der Waals surface area contributed by atoms with Gasteiger partial charge >= 0.3 is 0 Å². The molecule has 1 unspecified atom stereocenters. The van der Waals surface area contributed by atoms with Crippen molar-refractivity contribution in [3.8, 4) is 16.3 Å². The van der Waals surface area contributed by atoms with E-state index < -0.39 is 0 Å². The molecule has 0 saturated heterocycles. The number of amides is 1. The molecule has 170 valence electrons. The first-order valence-corrected chi connectivity index (χ1v) is 11.1. The number of hydrogen-bond donors (Lipinski definition) is 1. The van der Waals surface area contributed by atoms with Crippen molar-refractivity contribution < 1.29 is 9.53 Å². The Balaban J connectivity index is 1.85. The van der Waals surface area contributed by atoms with E-state index in [4.69, 9.17) is 4.74 Å². The molecule has 0 saturated carbocycles. The SMILES string of the molecule is COc1cccc(C(CNC(=O)c2sc(-c3c(C)c(C)nn(C)c3=O)nc2C)N(C)C)c1. The standard InChI is InChI=1S/C23H29N5O3S/c1-13-14(2)26-28(6)23(30)19(13)22-25-15(3)20(32-22)21(29)24-12-18(27(4)5)16-9-8-10-17(11-16)31-7/h8-11,18H,12H2,1-7H3,(H,24,29). The van der Waals surface area contributed by atoms with Gasteiger partial charge in [-0.05, 0) is 58.1 Å². The topological polar surface area (TPSA) is 89.3 Å². The zero-order valence-corrected chi connectivity index (χ0v) is 20.3. The first-order chi connectivity index (χ1) is 15.1. The summed E-state index contributed by atoms with van der Waals surface area (Å²) in [5, 5.41) is 7.78. The van der Waals surface area contributed by atoms with Gasteiger partial charge in [0.1, 0.15) is 15.6 Å². The maximum atomic E-state index is 13.0. The van der Waals surface area contributed by atoms with Crippen LogP contribution in [-0.4, -0.2) is 53.3 Å². The monoisotopic (exact) mass is 455 g/mol. The Morgan fingerprint density at radius 1 is 1.25 bits per heavy atom. The van der Waals surface area contributed by atoms with Gasteiger partial charge in [0, 0.05) is 13.6 Å². The lowest BCUT2D eigenvalue weighted by molar-refractivity contribution is 0.0945. The van der Waals surface area contributed by atoms with E-state index >= 15 is 0 Å². The fraction of sp³-hybridized carbons (Fsp3) is 0.391. The number of methoxy groups -OCH3 is 1. The smallest absolute Gasteiger partial charge is 0.277 e. The molecule has 1 atom stereocenters. The normalized spacial score (nSPS) is 12.1. The van der Waals surface area contributed by atoms with Crippen LogP contribution >= 0.6 is 11.3 Å². The van der Waals surface area contributed by atoms with Crippen LogP contribution in [-0.2, 0) is 7.05 Å². The van der Waals surface area contributed by atoms with E-state index in [1.54, 1.807) is 21.1 Å². The molecule has 9 heteroatoms. The van der Waals surface area contributed by atoms with Gasteiger partial charge in [-0.25, -0.2) is 9.67 Å². The molecular formula is C23H29N5O3S. The van der Waals surface area contributed by atoms with Gasteiger partial charge in [-0.15, -0.1) is 11.3 Å². The Hall–Kier alpha value is -3.04. The van der Waals surface area contributed by atoms with Crippen LogP contribution in [0.25, 0.3) is 10.6 Å². The lowest BCUT2D eigenvalue weighted by Gasteiger charge is -2.25. The molecule has 0 aliphatic rings. The molecule has 0 aliphatic heterocycles. The number of likely N-dealkylation sites (N-methyl/N-ethyl adjacent to an activating group) is 1. The third-order valence-electron chi connectivity index (χ3n) is 5.50. The number of thiazole rings is 1. The highest BCUT2D eigenvalue weighted by atomic mass is 32.1. The lowest BCUT2D eigenvalue weighted by Crippen LogP contribution is -2.34. The van der Waals surface area contributed by atoms with E-state index in [1.807, 2.05) is 57.1 Å². The van der Waals surface area contributed by atoms with Crippen molar-refractivity contribution in [2.45, 2.75) is 26.8 Å². The first kappa shape index (κ1) is 23.6. The predicted octanol–water partition coefficient (Wildman–Crippen LogP) is 2.87. The van der Waals surface area contributed by atoms with Crippen LogP contribution in [0.4, 0.5) is 0 Å². The van der Waals surface area contributed by atoms with Crippen LogP contribution in [0.15, 0.2) is 29.1 Å². The summed E-state index contributed by atoms with van der Waals surface area (Å²) in [6, 6.07) is 7.78. The Kier molecular flexibility index (Phi) is 7.10. The predicted molar refractivity (Wildman–Crippen MR) is 127 cm³/mol. The Labute approximate surface area is 191 Å². The van der Waals surface area contributed by atoms with Gasteiger partial charge in [-0.1, -0.05) is 12.1 Å². The highest BCUT2D eigenvalue weighted by Gasteiger charge is 2.22. The zero-order chi connectivity index (χ0) is 23.6. The highest BCUT2D eigenvalue weighted by molar-refractivity contribution is 7.17. The maximum Gasteiger partial charge on any atom is 0.277 e. The fourth-order valence-electron chi connectivity index (χ4n) is 3.53. The Morgan fingerprint density at radius 3 is 2.62 bits per heavy atom. The molecule has 0 bridgehead atoms. The number of carbonyl (C=O) groups is 1. The molecule has 3 rings (SSSR count). The number of benzene rings is 1. The van der Waals surface area contributed by atoms with Gasteiger partial charge in [0.25, 0.3) is 11.5 Å². The second-order valence-electron chi connectivity index (χ2n) is 7.91. The molecular weight excluding hydrogens is 426 g/mol. The molecule has 1 N–H and O–H groups in total. The summed E-state index contributed by atoms with van der Waals surface area (Å²) in [5.41, 5.74) is 3.45. The fourth-order valence-corrected chi connectivity index (χ4v) is 4.61. The van der Waals surface area contributed by atoms with E-state index in [2.05, 4.69) is 15.4 Å². The van der Waals surface area contributed by atoms with Crippen LogP contribution in [0.1, 0.15) is 38.2 Å². The number of nitrogens with zero attached hydrogens (tertiary/aromatic N) is 4. The summed E-state index contributed by atoms with van der Waals surface area (Å²) in [6.45, 7) is 5.91. The van der Waals surface area contributed by atoms with Crippen LogP contribution in [0.5, 0.6) is 5.75 Å². The second kappa shape index (κ2) is 9.62. The van der Waals surface area contributed by atoms with Gasteiger partial charge in [0.2, 0.25) is 0 Å². The molecule has 0 fully saturated rings. The zero-order valence-electron chi connectivity index (χ0n) is 19.5. The van der Waals surface area contributed by atoms with Gasteiger partial charge in [0.15, 0.2) is 0 Å². The average Bonchev–Trinajstić information content (AvgIpc) is 3.13. The third-order valence-corrected chi connectivity index (χ3v) is 6.67. The molecule has 1 amide bonds. The summed E-state index contributed by atoms with van der Waals surface area (Å²) in [6.07, 6.45) is 0. The van der Waals surface area contributed by atoms with E-state index in [0.29, 0.717) is 27.7 Å². The minimum atomic E-state index is -0.223. The molecule has 8 nitrogen and oxygen atoms in total. The summed E-state index contributed by atoms with van der Waals surface area (Å²) >= 11 is 1.23. The molecule has 0 radical (unpaired) electrons. The van der Waals surface area contributed by atoms with Crippen molar-refractivity contribution in [2.75, 3.05) is 27.7 Å². The van der Waals surface area contributed by atoms with Crippen molar-refractivity contribution in [3.63, 3.8) is 0 Å². The summed E-state index contributed by atoms with van der Waals surface area (Å²) in [4.78, 5) is 32.8. The van der Waals surface area contributed by atoms with E-state index in [9.17, 15) is 9.59 Å². The van der Waals surface area contributed by atoms with Crippen molar-refractivity contribution in [1.29, 1.82) is 0 Å². The van der Waals surface area contributed by atoms with Crippen molar-refractivity contribution >= 4 is 17.2 Å². The van der Waals surface area contributed by atoms with Crippen LogP contribution < -0.4 is 15.6 Å². The highest BCUT2D eigenvalue weighted by Crippen LogP contribution is 2.29. The van der Waals surface area contributed by atoms with Gasteiger partial charge < -0.3 is 15.0 Å². The average molecular weight is 456 g/mol. The molecule has 1 aromatic carbocycles. The summed E-state index contributed by atoms with van der Waals surface area (Å²) in [5.74, 6) is 0.564.